The fraction of sp³-hybridized carbons (Fsp3) is 0.500. The molecule has 23 heavy (non-hydrogen) atoms. The Morgan fingerprint density at radius 1 is 1.30 bits per heavy atom. The summed E-state index contributed by atoms with van der Waals surface area (Å²) in [4.78, 5) is 2.00. The summed E-state index contributed by atoms with van der Waals surface area (Å²) in [5.74, 6) is 1.75. The highest BCUT2D eigenvalue weighted by atomic mass is 35.5. The van der Waals surface area contributed by atoms with E-state index >= 15 is 0 Å². The number of rotatable bonds is 8. The molecule has 0 aliphatic heterocycles. The highest BCUT2D eigenvalue weighted by Crippen LogP contribution is 2.10. The number of ether oxygens (including phenoxy) is 1. The third-order valence-electron chi connectivity index (χ3n) is 3.61. The number of nitrogens with zero attached hydrogens (tertiary/aromatic N) is 4. The number of halogens is 1. The largest absolute Gasteiger partial charge is 0.389 e. The molecule has 2 rings (SSSR count). The van der Waals surface area contributed by atoms with Gasteiger partial charge in [-0.05, 0) is 31.7 Å². The van der Waals surface area contributed by atoms with Gasteiger partial charge >= 0.3 is 0 Å². The summed E-state index contributed by atoms with van der Waals surface area (Å²) in [7, 11) is 3.87. The average Bonchev–Trinajstić information content (AvgIpc) is 2.81. The Morgan fingerprint density at radius 2 is 2.00 bits per heavy atom. The van der Waals surface area contributed by atoms with E-state index in [1.165, 1.54) is 0 Å². The van der Waals surface area contributed by atoms with Crippen molar-refractivity contribution in [2.24, 2.45) is 7.05 Å². The van der Waals surface area contributed by atoms with Crippen molar-refractivity contribution in [1.82, 2.24) is 19.7 Å². The van der Waals surface area contributed by atoms with Gasteiger partial charge in [0.15, 0.2) is 0 Å². The van der Waals surface area contributed by atoms with Gasteiger partial charge in [-0.1, -0.05) is 23.7 Å². The van der Waals surface area contributed by atoms with Gasteiger partial charge in [0.25, 0.3) is 0 Å². The molecular weight excluding hydrogens is 316 g/mol. The van der Waals surface area contributed by atoms with Gasteiger partial charge in [0.05, 0.1) is 25.9 Å². The Kier molecular flexibility index (Phi) is 6.53. The van der Waals surface area contributed by atoms with Gasteiger partial charge in [-0.25, -0.2) is 0 Å². The van der Waals surface area contributed by atoms with E-state index < -0.39 is 6.10 Å². The normalized spacial score (nSPS) is 12.8. The van der Waals surface area contributed by atoms with Crippen LogP contribution in [0.4, 0.5) is 0 Å². The van der Waals surface area contributed by atoms with Crippen LogP contribution >= 0.6 is 11.6 Å². The summed E-state index contributed by atoms with van der Waals surface area (Å²) >= 11 is 5.83. The lowest BCUT2D eigenvalue weighted by Gasteiger charge is -2.20. The molecule has 0 aliphatic rings. The predicted octanol–water partition coefficient (Wildman–Crippen LogP) is 1.79. The van der Waals surface area contributed by atoms with E-state index in [1.54, 1.807) is 0 Å². The van der Waals surface area contributed by atoms with Crippen LogP contribution in [0.3, 0.4) is 0 Å². The number of likely N-dealkylation sites (N-methyl/N-ethyl adjacent to an activating group) is 1. The summed E-state index contributed by atoms with van der Waals surface area (Å²) in [5, 5.41) is 18.9. The lowest BCUT2D eigenvalue weighted by molar-refractivity contribution is 0.0123. The van der Waals surface area contributed by atoms with Gasteiger partial charge in [-0.15, -0.1) is 10.2 Å². The molecule has 0 bridgehead atoms. The SMILES string of the molecule is Cc1nnc(CN(C)CC(O)COCc2ccc(Cl)cc2)n1C. The first-order chi connectivity index (χ1) is 11.0. The van der Waals surface area contributed by atoms with Crippen LogP contribution in [-0.2, 0) is 24.9 Å². The third kappa shape index (κ3) is 5.58. The molecule has 1 unspecified atom stereocenters. The van der Waals surface area contributed by atoms with Crippen LogP contribution in [0.25, 0.3) is 0 Å². The van der Waals surface area contributed by atoms with Gasteiger partial charge in [-0.2, -0.15) is 0 Å². The zero-order valence-corrected chi connectivity index (χ0v) is 14.5. The molecule has 0 fully saturated rings. The van der Waals surface area contributed by atoms with Crippen LogP contribution in [-0.4, -0.2) is 51.1 Å². The lowest BCUT2D eigenvalue weighted by atomic mass is 10.2. The molecule has 1 aromatic heterocycles. The molecule has 2 aromatic rings. The highest BCUT2D eigenvalue weighted by molar-refractivity contribution is 6.30. The maximum Gasteiger partial charge on any atom is 0.146 e. The minimum absolute atomic E-state index is 0.283. The Morgan fingerprint density at radius 3 is 2.61 bits per heavy atom. The van der Waals surface area contributed by atoms with E-state index in [-0.39, 0.29) is 6.61 Å². The summed E-state index contributed by atoms with van der Waals surface area (Å²) in [6.07, 6.45) is -0.554. The van der Waals surface area contributed by atoms with Crippen LogP contribution in [0.15, 0.2) is 24.3 Å². The van der Waals surface area contributed by atoms with E-state index in [9.17, 15) is 5.11 Å². The monoisotopic (exact) mass is 338 g/mol. The van der Waals surface area contributed by atoms with E-state index in [0.717, 1.165) is 17.2 Å². The van der Waals surface area contributed by atoms with Crippen LogP contribution in [0, 0.1) is 6.92 Å². The Bertz CT molecular complexity index is 615. The van der Waals surface area contributed by atoms with E-state index in [4.69, 9.17) is 16.3 Å². The molecule has 1 atom stereocenters. The van der Waals surface area contributed by atoms with Gasteiger partial charge in [0.2, 0.25) is 0 Å². The van der Waals surface area contributed by atoms with Crippen LogP contribution in [0.5, 0.6) is 0 Å². The summed E-state index contributed by atoms with van der Waals surface area (Å²) in [5.41, 5.74) is 1.03. The predicted molar refractivity (Wildman–Crippen MR) is 89.2 cm³/mol. The number of aryl methyl sites for hydroxylation is 1. The first-order valence-electron chi connectivity index (χ1n) is 7.49. The standard InChI is InChI=1S/C16H23ClN4O2/c1-12-18-19-16(21(12)3)9-20(2)8-15(22)11-23-10-13-4-6-14(17)7-5-13/h4-7,15,22H,8-11H2,1-3H3. The second-order valence-corrected chi connectivity index (χ2v) is 6.15. The first kappa shape index (κ1) is 17.9. The topological polar surface area (TPSA) is 63.4 Å². The molecular formula is C16H23ClN4O2. The third-order valence-corrected chi connectivity index (χ3v) is 3.86. The number of hydrogen-bond donors (Lipinski definition) is 1. The van der Waals surface area contributed by atoms with Crippen molar-refractivity contribution in [2.75, 3.05) is 20.2 Å². The summed E-state index contributed by atoms with van der Waals surface area (Å²) in [6.45, 7) is 3.79. The van der Waals surface area contributed by atoms with Crippen molar-refractivity contribution in [3.8, 4) is 0 Å². The second kappa shape index (κ2) is 8.40. The minimum atomic E-state index is -0.554. The molecule has 1 N–H and O–H groups in total. The van der Waals surface area contributed by atoms with Gasteiger partial charge in [0, 0.05) is 18.6 Å². The Hall–Kier alpha value is -1.47. The minimum Gasteiger partial charge on any atom is -0.389 e. The van der Waals surface area contributed by atoms with Crippen molar-refractivity contribution >= 4 is 11.6 Å². The number of aromatic nitrogens is 3. The smallest absolute Gasteiger partial charge is 0.146 e. The van der Waals surface area contributed by atoms with E-state index in [1.807, 2.05) is 54.8 Å². The maximum atomic E-state index is 10.1. The molecule has 1 heterocycles. The zero-order chi connectivity index (χ0) is 16.8. The average molecular weight is 339 g/mol. The van der Waals surface area contributed by atoms with Crippen LogP contribution in [0.1, 0.15) is 17.2 Å². The molecule has 1 aromatic carbocycles. The lowest BCUT2D eigenvalue weighted by Crippen LogP contribution is -2.32. The van der Waals surface area contributed by atoms with E-state index in [2.05, 4.69) is 10.2 Å². The van der Waals surface area contributed by atoms with Crippen LogP contribution in [0.2, 0.25) is 5.02 Å². The molecule has 7 heteroatoms. The summed E-state index contributed by atoms with van der Waals surface area (Å²) < 4.78 is 7.49. The quantitative estimate of drug-likeness (QED) is 0.795. The summed E-state index contributed by atoms with van der Waals surface area (Å²) in [6, 6.07) is 7.48. The molecule has 0 aliphatic carbocycles. The van der Waals surface area contributed by atoms with Crippen molar-refractivity contribution in [3.05, 3.63) is 46.5 Å². The van der Waals surface area contributed by atoms with Gasteiger partial charge < -0.3 is 14.4 Å². The van der Waals surface area contributed by atoms with Crippen molar-refractivity contribution in [2.45, 2.75) is 26.2 Å². The molecule has 0 saturated heterocycles. The maximum absolute atomic E-state index is 10.1. The van der Waals surface area contributed by atoms with Crippen molar-refractivity contribution in [1.29, 1.82) is 0 Å². The molecule has 0 saturated carbocycles. The number of aliphatic hydroxyl groups excluding tert-OH is 1. The van der Waals surface area contributed by atoms with Crippen molar-refractivity contribution in [3.63, 3.8) is 0 Å². The van der Waals surface area contributed by atoms with Crippen molar-refractivity contribution < 1.29 is 9.84 Å². The Labute approximate surface area is 141 Å². The van der Waals surface area contributed by atoms with Crippen LogP contribution < -0.4 is 0 Å². The molecule has 6 nitrogen and oxygen atoms in total. The Balaban J connectivity index is 1.70. The molecule has 126 valence electrons. The molecule has 0 spiro atoms. The number of hydrogen-bond acceptors (Lipinski definition) is 5. The zero-order valence-electron chi connectivity index (χ0n) is 13.7. The fourth-order valence-electron chi connectivity index (χ4n) is 2.20. The highest BCUT2D eigenvalue weighted by Gasteiger charge is 2.12. The molecule has 0 radical (unpaired) electrons. The first-order valence-corrected chi connectivity index (χ1v) is 7.87. The van der Waals surface area contributed by atoms with Gasteiger partial charge in [0.1, 0.15) is 11.6 Å². The second-order valence-electron chi connectivity index (χ2n) is 5.71. The fourth-order valence-corrected chi connectivity index (χ4v) is 2.33. The molecule has 0 amide bonds. The van der Waals surface area contributed by atoms with E-state index in [0.29, 0.717) is 24.7 Å². The number of benzene rings is 1. The van der Waals surface area contributed by atoms with Gasteiger partial charge in [-0.3, -0.25) is 4.90 Å². The number of aliphatic hydroxyl groups is 1.